The van der Waals surface area contributed by atoms with Crippen LogP contribution in [0.25, 0.3) is 17.0 Å². The van der Waals surface area contributed by atoms with Crippen molar-refractivity contribution in [2.24, 2.45) is 0 Å². The van der Waals surface area contributed by atoms with E-state index in [9.17, 15) is 14.4 Å². The van der Waals surface area contributed by atoms with E-state index >= 15 is 0 Å². The molecule has 1 unspecified atom stereocenters. The van der Waals surface area contributed by atoms with Crippen molar-refractivity contribution < 1.29 is 19.1 Å². The monoisotopic (exact) mass is 523 g/mol. The van der Waals surface area contributed by atoms with Crippen molar-refractivity contribution in [3.05, 3.63) is 101 Å². The molecular weight excluding hydrogens is 494 g/mol. The lowest BCUT2D eigenvalue weighted by Crippen LogP contribution is -2.35. The molecule has 0 bridgehead atoms. The summed E-state index contributed by atoms with van der Waals surface area (Å²) in [5, 5.41) is 3.82. The van der Waals surface area contributed by atoms with Gasteiger partial charge in [0.2, 0.25) is 11.8 Å². The van der Waals surface area contributed by atoms with E-state index in [1.54, 1.807) is 30.3 Å². The van der Waals surface area contributed by atoms with Gasteiger partial charge in [0.15, 0.2) is 0 Å². The van der Waals surface area contributed by atoms with E-state index in [0.717, 1.165) is 22.0 Å². The van der Waals surface area contributed by atoms with E-state index in [1.165, 1.54) is 11.0 Å². The lowest BCUT2D eigenvalue weighted by molar-refractivity contribution is -0.126. The highest BCUT2D eigenvalue weighted by Crippen LogP contribution is 2.27. The van der Waals surface area contributed by atoms with E-state index < -0.39 is 6.09 Å². The van der Waals surface area contributed by atoms with Crippen molar-refractivity contribution in [3.8, 4) is 0 Å². The fourth-order valence-electron chi connectivity index (χ4n) is 4.52. The van der Waals surface area contributed by atoms with Gasteiger partial charge in [-0.1, -0.05) is 48.5 Å². The number of hydrogen-bond acceptors (Lipinski definition) is 5. The second-order valence-electron chi connectivity index (χ2n) is 9.47. The van der Waals surface area contributed by atoms with Gasteiger partial charge in [0, 0.05) is 42.0 Å². The van der Waals surface area contributed by atoms with Crippen LogP contribution in [-0.4, -0.2) is 51.3 Å². The Labute approximate surface area is 226 Å². The minimum atomic E-state index is -0.592. The molecule has 39 heavy (non-hydrogen) atoms. The minimum Gasteiger partial charge on any atom is -0.445 e. The van der Waals surface area contributed by atoms with Crippen molar-refractivity contribution in [3.63, 3.8) is 0 Å². The Morgan fingerprint density at radius 2 is 1.90 bits per heavy atom. The quantitative estimate of drug-likeness (QED) is 0.350. The molecule has 2 N–H and O–H groups in total. The molecule has 0 spiro atoms. The van der Waals surface area contributed by atoms with Crippen molar-refractivity contribution in [2.75, 3.05) is 18.9 Å². The number of nitrogens with zero attached hydrogens (tertiary/aromatic N) is 3. The molecule has 0 saturated carbocycles. The zero-order valence-electron chi connectivity index (χ0n) is 21.8. The third kappa shape index (κ3) is 5.82. The molecule has 198 valence electrons. The number of carbonyl (C=O) groups is 3. The van der Waals surface area contributed by atoms with Crippen LogP contribution in [0.2, 0.25) is 0 Å². The number of hydrogen-bond donors (Lipinski definition) is 2. The number of nitrogens with one attached hydrogen (secondary N) is 2. The summed E-state index contributed by atoms with van der Waals surface area (Å²) in [6.45, 7) is 2.09. The molecule has 4 aromatic rings. The Hall–Kier alpha value is -4.92. The predicted molar refractivity (Wildman–Crippen MR) is 148 cm³/mol. The van der Waals surface area contributed by atoms with Crippen molar-refractivity contribution in [2.45, 2.75) is 26.1 Å². The molecule has 3 heterocycles. The van der Waals surface area contributed by atoms with E-state index in [4.69, 9.17) is 4.74 Å². The second-order valence-corrected chi connectivity index (χ2v) is 9.47. The number of rotatable bonds is 6. The Morgan fingerprint density at radius 3 is 2.72 bits per heavy atom. The summed E-state index contributed by atoms with van der Waals surface area (Å²) in [6, 6.07) is 19.0. The van der Waals surface area contributed by atoms with Gasteiger partial charge in [0.25, 0.3) is 0 Å². The van der Waals surface area contributed by atoms with Crippen LogP contribution in [0, 0.1) is 0 Å². The largest absolute Gasteiger partial charge is 0.445 e. The maximum atomic E-state index is 13.0. The lowest BCUT2D eigenvalue weighted by Gasteiger charge is -2.23. The Morgan fingerprint density at radius 1 is 1.13 bits per heavy atom. The van der Waals surface area contributed by atoms with E-state index in [-0.39, 0.29) is 37.6 Å². The summed E-state index contributed by atoms with van der Waals surface area (Å²) < 4.78 is 5.42. The number of aromatic nitrogens is 2. The highest BCUT2D eigenvalue weighted by molar-refractivity contribution is 5.95. The molecule has 1 aliphatic rings. The van der Waals surface area contributed by atoms with E-state index in [0.29, 0.717) is 16.9 Å². The highest BCUT2D eigenvalue weighted by Gasteiger charge is 2.25. The number of benzene rings is 2. The first-order valence-corrected chi connectivity index (χ1v) is 12.6. The number of carbonyl (C=O) groups excluding carboxylic acids is 3. The molecule has 0 aliphatic carbocycles. The molecule has 2 aromatic carbocycles. The average molecular weight is 524 g/mol. The molecule has 3 amide bonds. The van der Waals surface area contributed by atoms with Crippen molar-refractivity contribution in [1.82, 2.24) is 19.8 Å². The molecule has 5 rings (SSSR count). The topological polar surface area (TPSA) is 108 Å². The maximum absolute atomic E-state index is 13.0. The van der Waals surface area contributed by atoms with E-state index in [2.05, 4.69) is 15.3 Å². The number of aromatic amines is 1. The number of likely N-dealkylation sites (N-methyl/N-ethyl adjacent to an activating group) is 1. The average Bonchev–Trinajstić information content (AvgIpc) is 3.31. The zero-order valence-corrected chi connectivity index (χ0v) is 21.8. The molecule has 0 radical (unpaired) electrons. The van der Waals surface area contributed by atoms with Gasteiger partial charge in [-0.3, -0.25) is 14.5 Å². The third-order valence-corrected chi connectivity index (χ3v) is 6.82. The van der Waals surface area contributed by atoms with Crippen LogP contribution in [0.1, 0.15) is 35.2 Å². The smallest absolute Gasteiger partial charge is 0.410 e. The van der Waals surface area contributed by atoms with Crippen molar-refractivity contribution >= 4 is 40.7 Å². The molecule has 1 aliphatic heterocycles. The second kappa shape index (κ2) is 11.2. The minimum absolute atomic E-state index is 0.109. The van der Waals surface area contributed by atoms with Gasteiger partial charge < -0.3 is 19.9 Å². The summed E-state index contributed by atoms with van der Waals surface area (Å²) in [5.74, 6) is -0.140. The van der Waals surface area contributed by atoms with Crippen LogP contribution in [-0.2, 0) is 27.5 Å². The van der Waals surface area contributed by atoms with Gasteiger partial charge in [-0.2, -0.15) is 0 Å². The normalized spacial score (nSPS) is 14.0. The molecular formula is C30H29N5O4. The number of fused-ring (bicyclic) bond motifs is 2. The van der Waals surface area contributed by atoms with Crippen LogP contribution in [0.5, 0.6) is 0 Å². The molecule has 2 aromatic heterocycles. The molecule has 1 atom stereocenters. The van der Waals surface area contributed by atoms with Crippen molar-refractivity contribution in [1.29, 1.82) is 0 Å². The fraction of sp³-hybridized carbons (Fsp3) is 0.200. The summed E-state index contributed by atoms with van der Waals surface area (Å²) >= 11 is 0. The number of ether oxygens (including phenoxy) is 1. The standard InChI is InChI=1S/C30H29N5O4/c1-20(25-16-31-26-11-7-6-10-24(25)26)34(2)28(37)13-12-22-14-23-17-35(18-27(36)33-29(23)32-15-22)30(38)39-19-21-8-4-3-5-9-21/h3-16,20,31H,17-19H2,1-2H3,(H,32,33,36). The lowest BCUT2D eigenvalue weighted by atomic mass is 10.1. The van der Waals surface area contributed by atoms with Crippen LogP contribution in [0.3, 0.4) is 0 Å². The van der Waals surface area contributed by atoms with Gasteiger partial charge >= 0.3 is 6.09 Å². The van der Waals surface area contributed by atoms with Gasteiger partial charge in [-0.25, -0.2) is 9.78 Å². The summed E-state index contributed by atoms with van der Waals surface area (Å²) in [4.78, 5) is 48.7. The van der Waals surface area contributed by atoms with Gasteiger partial charge in [0.1, 0.15) is 19.0 Å². The highest BCUT2D eigenvalue weighted by atomic mass is 16.6. The van der Waals surface area contributed by atoms with Crippen LogP contribution in [0.15, 0.2) is 79.1 Å². The number of pyridine rings is 1. The van der Waals surface area contributed by atoms with E-state index in [1.807, 2.05) is 67.7 Å². The van der Waals surface area contributed by atoms with Crippen LogP contribution in [0.4, 0.5) is 10.6 Å². The first-order chi connectivity index (χ1) is 18.9. The number of H-pyrrole nitrogens is 1. The summed E-state index contributed by atoms with van der Waals surface area (Å²) in [7, 11) is 1.77. The van der Waals surface area contributed by atoms with Crippen LogP contribution < -0.4 is 5.32 Å². The van der Waals surface area contributed by atoms with Gasteiger partial charge in [0.05, 0.1) is 12.6 Å². The maximum Gasteiger partial charge on any atom is 0.410 e. The summed E-state index contributed by atoms with van der Waals surface area (Å²) in [6.07, 6.45) is 6.10. The first kappa shape index (κ1) is 25.7. The third-order valence-electron chi connectivity index (χ3n) is 6.82. The number of amides is 3. The van der Waals surface area contributed by atoms with Gasteiger partial charge in [-0.05, 0) is 41.8 Å². The van der Waals surface area contributed by atoms with Crippen LogP contribution >= 0.6 is 0 Å². The molecule has 9 nitrogen and oxygen atoms in total. The Bertz CT molecular complexity index is 1550. The zero-order chi connectivity index (χ0) is 27.4. The number of anilines is 1. The SMILES string of the molecule is CC(c1c[nH]c2ccccc12)N(C)C(=O)C=Cc1cnc2c(c1)CN(C(=O)OCc1ccccc1)CC(=O)N2. The molecule has 0 saturated heterocycles. The summed E-state index contributed by atoms with van der Waals surface area (Å²) in [5.41, 5.74) is 4.23. The Balaban J connectivity index is 1.27. The Kier molecular flexibility index (Phi) is 7.40. The van der Waals surface area contributed by atoms with Gasteiger partial charge in [-0.15, -0.1) is 0 Å². The fourth-order valence-corrected chi connectivity index (χ4v) is 4.52. The molecule has 9 heteroatoms. The first-order valence-electron chi connectivity index (χ1n) is 12.6. The number of para-hydroxylation sites is 1. The predicted octanol–water partition coefficient (Wildman–Crippen LogP) is 4.89. The molecule has 0 fully saturated rings.